The lowest BCUT2D eigenvalue weighted by Crippen LogP contribution is -2.45. The highest BCUT2D eigenvalue weighted by Gasteiger charge is 2.15. The summed E-state index contributed by atoms with van der Waals surface area (Å²) in [5.41, 5.74) is 0. The number of carbonyl (C=O) groups excluding carboxylic acids is 2. The molecule has 1 aliphatic rings. The fraction of sp³-hybridized carbons (Fsp3) is 0.857. The molecule has 1 atom stereocenters. The standard InChI is InChI=1S/C14H26N2O4/c1-11(16-14(18)19-2)13(17)15-9-6-10-20-12-7-4-3-5-8-12/h11-12H,3-10H2,1-2H3,(H,15,17)(H,16,18)/t11-/m0/s1. The topological polar surface area (TPSA) is 76.7 Å². The molecule has 6 nitrogen and oxygen atoms in total. The number of methoxy groups -OCH3 is 1. The summed E-state index contributed by atoms with van der Waals surface area (Å²) in [4.78, 5) is 22.6. The van der Waals surface area contributed by atoms with Gasteiger partial charge in [-0.3, -0.25) is 4.79 Å². The van der Waals surface area contributed by atoms with Crippen molar-refractivity contribution in [2.75, 3.05) is 20.3 Å². The minimum atomic E-state index is -0.603. The van der Waals surface area contributed by atoms with E-state index in [-0.39, 0.29) is 5.91 Å². The summed E-state index contributed by atoms with van der Waals surface area (Å²) >= 11 is 0. The fourth-order valence-electron chi connectivity index (χ4n) is 2.22. The monoisotopic (exact) mass is 286 g/mol. The molecule has 116 valence electrons. The molecule has 0 unspecified atom stereocenters. The van der Waals surface area contributed by atoms with Crippen LogP contribution in [-0.4, -0.2) is 44.4 Å². The minimum Gasteiger partial charge on any atom is -0.453 e. The first-order valence-corrected chi connectivity index (χ1v) is 7.37. The van der Waals surface area contributed by atoms with Crippen LogP contribution in [0.25, 0.3) is 0 Å². The Morgan fingerprint density at radius 1 is 1.25 bits per heavy atom. The van der Waals surface area contributed by atoms with Gasteiger partial charge in [-0.15, -0.1) is 0 Å². The number of nitrogens with one attached hydrogen (secondary N) is 2. The first-order chi connectivity index (χ1) is 9.63. The lowest BCUT2D eigenvalue weighted by molar-refractivity contribution is -0.122. The highest BCUT2D eigenvalue weighted by molar-refractivity contribution is 5.85. The quantitative estimate of drug-likeness (QED) is 0.697. The third-order valence-corrected chi connectivity index (χ3v) is 3.44. The molecule has 20 heavy (non-hydrogen) atoms. The van der Waals surface area contributed by atoms with E-state index in [1.807, 2.05) is 0 Å². The van der Waals surface area contributed by atoms with Crippen LogP contribution in [0.3, 0.4) is 0 Å². The maximum Gasteiger partial charge on any atom is 0.407 e. The number of carbonyl (C=O) groups is 2. The second kappa shape index (κ2) is 9.58. The average molecular weight is 286 g/mol. The zero-order valence-electron chi connectivity index (χ0n) is 12.4. The Bertz CT molecular complexity index is 304. The van der Waals surface area contributed by atoms with E-state index in [4.69, 9.17) is 4.74 Å². The third kappa shape index (κ3) is 6.75. The lowest BCUT2D eigenvalue weighted by Gasteiger charge is -2.22. The minimum absolute atomic E-state index is 0.215. The van der Waals surface area contributed by atoms with Crippen molar-refractivity contribution in [3.05, 3.63) is 0 Å². The summed E-state index contributed by atoms with van der Waals surface area (Å²) < 4.78 is 10.2. The van der Waals surface area contributed by atoms with Crippen LogP contribution in [0.5, 0.6) is 0 Å². The van der Waals surface area contributed by atoms with Gasteiger partial charge >= 0.3 is 6.09 Å². The van der Waals surface area contributed by atoms with Gasteiger partial charge in [-0.1, -0.05) is 19.3 Å². The molecule has 1 rings (SSSR count). The van der Waals surface area contributed by atoms with Crippen LogP contribution >= 0.6 is 0 Å². The molecule has 0 bridgehead atoms. The molecule has 1 saturated carbocycles. The largest absolute Gasteiger partial charge is 0.453 e. The van der Waals surface area contributed by atoms with E-state index in [1.165, 1.54) is 26.4 Å². The van der Waals surface area contributed by atoms with Crippen molar-refractivity contribution in [3.8, 4) is 0 Å². The molecule has 0 aromatic heterocycles. The van der Waals surface area contributed by atoms with Crippen LogP contribution in [0.15, 0.2) is 0 Å². The first-order valence-electron chi connectivity index (χ1n) is 7.37. The molecule has 1 fully saturated rings. The maximum absolute atomic E-state index is 11.6. The second-order valence-corrected chi connectivity index (χ2v) is 5.13. The van der Waals surface area contributed by atoms with Gasteiger partial charge < -0.3 is 20.1 Å². The zero-order chi connectivity index (χ0) is 14.8. The number of hydrogen-bond acceptors (Lipinski definition) is 4. The smallest absolute Gasteiger partial charge is 0.407 e. The predicted molar refractivity (Wildman–Crippen MR) is 75.5 cm³/mol. The first kappa shape index (κ1) is 16.8. The maximum atomic E-state index is 11.6. The van der Waals surface area contributed by atoms with E-state index in [1.54, 1.807) is 6.92 Å². The van der Waals surface area contributed by atoms with Crippen LogP contribution in [0, 0.1) is 0 Å². The predicted octanol–water partition coefficient (Wildman–Crippen LogP) is 1.59. The average Bonchev–Trinajstić information content (AvgIpc) is 2.47. The molecular weight excluding hydrogens is 260 g/mol. The highest BCUT2D eigenvalue weighted by atomic mass is 16.5. The molecule has 6 heteroatoms. The molecule has 0 heterocycles. The van der Waals surface area contributed by atoms with E-state index < -0.39 is 12.1 Å². The van der Waals surface area contributed by atoms with E-state index >= 15 is 0 Å². The Balaban J connectivity index is 2.02. The van der Waals surface area contributed by atoms with Crippen molar-refractivity contribution in [1.29, 1.82) is 0 Å². The van der Waals surface area contributed by atoms with E-state index in [2.05, 4.69) is 15.4 Å². The van der Waals surface area contributed by atoms with Gasteiger partial charge in [0, 0.05) is 13.2 Å². The molecule has 0 aromatic carbocycles. The number of ether oxygens (including phenoxy) is 2. The van der Waals surface area contributed by atoms with Crippen LogP contribution in [-0.2, 0) is 14.3 Å². The van der Waals surface area contributed by atoms with E-state index in [9.17, 15) is 9.59 Å². The molecule has 0 spiro atoms. The SMILES string of the molecule is COC(=O)N[C@@H](C)C(=O)NCCCOC1CCCCC1. The van der Waals surface area contributed by atoms with Crippen LogP contribution in [0.4, 0.5) is 4.79 Å². The van der Waals surface area contributed by atoms with E-state index in [0.717, 1.165) is 19.3 Å². The molecule has 0 aromatic rings. The number of alkyl carbamates (subject to hydrolysis) is 1. The Hall–Kier alpha value is -1.30. The van der Waals surface area contributed by atoms with Gasteiger partial charge in [0.15, 0.2) is 0 Å². The Morgan fingerprint density at radius 3 is 2.60 bits per heavy atom. The Labute approximate surface area is 120 Å². The molecule has 0 saturated heterocycles. The van der Waals surface area contributed by atoms with E-state index in [0.29, 0.717) is 19.3 Å². The van der Waals surface area contributed by atoms with Crippen molar-refractivity contribution in [3.63, 3.8) is 0 Å². The van der Waals surface area contributed by atoms with Gasteiger partial charge in [0.05, 0.1) is 13.2 Å². The Morgan fingerprint density at radius 2 is 1.95 bits per heavy atom. The fourth-order valence-corrected chi connectivity index (χ4v) is 2.22. The van der Waals surface area contributed by atoms with Gasteiger partial charge in [-0.05, 0) is 26.2 Å². The molecule has 2 amide bonds. The molecule has 2 N–H and O–H groups in total. The van der Waals surface area contributed by atoms with Gasteiger partial charge in [-0.25, -0.2) is 4.79 Å². The van der Waals surface area contributed by atoms with Gasteiger partial charge in [0.25, 0.3) is 0 Å². The second-order valence-electron chi connectivity index (χ2n) is 5.13. The van der Waals surface area contributed by atoms with Crippen molar-refractivity contribution < 1.29 is 19.1 Å². The van der Waals surface area contributed by atoms with Crippen molar-refractivity contribution in [1.82, 2.24) is 10.6 Å². The summed E-state index contributed by atoms with van der Waals surface area (Å²) in [6.45, 7) is 2.84. The summed E-state index contributed by atoms with van der Waals surface area (Å²) in [7, 11) is 1.27. The van der Waals surface area contributed by atoms with Crippen molar-refractivity contribution in [2.45, 2.75) is 57.6 Å². The third-order valence-electron chi connectivity index (χ3n) is 3.44. The van der Waals surface area contributed by atoms with Crippen LogP contribution in [0.1, 0.15) is 45.4 Å². The number of amides is 2. The summed E-state index contributed by atoms with van der Waals surface area (Å²) in [6.07, 6.45) is 6.75. The summed E-state index contributed by atoms with van der Waals surface area (Å²) in [5, 5.41) is 5.18. The van der Waals surface area contributed by atoms with Crippen molar-refractivity contribution in [2.24, 2.45) is 0 Å². The van der Waals surface area contributed by atoms with Crippen LogP contribution < -0.4 is 10.6 Å². The zero-order valence-corrected chi connectivity index (χ0v) is 12.4. The van der Waals surface area contributed by atoms with Crippen molar-refractivity contribution >= 4 is 12.0 Å². The number of hydrogen-bond donors (Lipinski definition) is 2. The van der Waals surface area contributed by atoms with Gasteiger partial charge in [-0.2, -0.15) is 0 Å². The molecule has 1 aliphatic carbocycles. The summed E-state index contributed by atoms with van der Waals surface area (Å²) in [5.74, 6) is -0.215. The molecule has 0 radical (unpaired) electrons. The molecular formula is C14H26N2O4. The normalized spacial score (nSPS) is 17.3. The number of rotatable bonds is 7. The summed E-state index contributed by atoms with van der Waals surface area (Å²) in [6, 6.07) is -0.596. The van der Waals surface area contributed by atoms with Gasteiger partial charge in [0.1, 0.15) is 6.04 Å². The lowest BCUT2D eigenvalue weighted by atomic mass is 9.98. The molecule has 0 aliphatic heterocycles. The highest BCUT2D eigenvalue weighted by Crippen LogP contribution is 2.20. The Kier molecular flexibility index (Phi) is 8.02. The van der Waals surface area contributed by atoms with Gasteiger partial charge in [0.2, 0.25) is 5.91 Å². The van der Waals surface area contributed by atoms with Crippen LogP contribution in [0.2, 0.25) is 0 Å².